The second kappa shape index (κ2) is 12.9. The lowest BCUT2D eigenvalue weighted by molar-refractivity contribution is 0.441. The van der Waals surface area contributed by atoms with E-state index in [4.69, 9.17) is 5.73 Å². The van der Waals surface area contributed by atoms with Gasteiger partial charge in [0.1, 0.15) is 0 Å². The molecule has 1 fully saturated rings. The van der Waals surface area contributed by atoms with Crippen molar-refractivity contribution >= 4 is 22.5 Å². The normalized spacial score (nSPS) is 15.8. The largest absolute Gasteiger partial charge is 0.328 e. The molecule has 0 aliphatic heterocycles. The maximum absolute atomic E-state index is 12.0. The average molecular weight is 428 g/mol. The fourth-order valence-electron chi connectivity index (χ4n) is 3.30. The zero-order chi connectivity index (χ0) is 21.0. The molecule has 2 N–H and O–H groups in total. The van der Waals surface area contributed by atoms with Crippen LogP contribution in [0.25, 0.3) is 0 Å². The van der Waals surface area contributed by atoms with Crippen LogP contribution >= 0.6 is 12.6 Å². The van der Waals surface area contributed by atoms with Crippen LogP contribution in [0.5, 0.6) is 0 Å². The Balaban J connectivity index is 0.000000467. The standard InChI is InChI=1S/C17H28O2S2.C6H13N/c1-17(2,3)21(18,19)13-8-6-4-5-7-10-15-11-9-12-16(20)14-15;7-6-4-2-1-3-5-6/h9,11-12,14,20H,4-8,10,13H2,1-3H3;6H,1-5,7H2. The second-order valence-corrected chi connectivity index (χ2v) is 12.4. The van der Waals surface area contributed by atoms with Crippen molar-refractivity contribution < 1.29 is 8.42 Å². The monoisotopic (exact) mass is 427 g/mol. The van der Waals surface area contributed by atoms with Crippen molar-refractivity contribution in [3.05, 3.63) is 29.8 Å². The van der Waals surface area contributed by atoms with Gasteiger partial charge < -0.3 is 5.73 Å². The van der Waals surface area contributed by atoms with E-state index in [9.17, 15) is 8.42 Å². The summed E-state index contributed by atoms with van der Waals surface area (Å²) in [4.78, 5) is 1.01. The van der Waals surface area contributed by atoms with Crippen molar-refractivity contribution in [1.29, 1.82) is 0 Å². The van der Waals surface area contributed by atoms with E-state index < -0.39 is 14.6 Å². The summed E-state index contributed by atoms with van der Waals surface area (Å²) in [5.74, 6) is 0.318. The highest BCUT2D eigenvalue weighted by molar-refractivity contribution is 7.92. The zero-order valence-electron chi connectivity index (χ0n) is 18.1. The van der Waals surface area contributed by atoms with Crippen molar-refractivity contribution in [3.8, 4) is 0 Å². The lowest BCUT2D eigenvalue weighted by Gasteiger charge is -2.18. The maximum Gasteiger partial charge on any atom is 0.155 e. The van der Waals surface area contributed by atoms with Gasteiger partial charge in [0.25, 0.3) is 0 Å². The van der Waals surface area contributed by atoms with Crippen LogP contribution in [0.4, 0.5) is 0 Å². The molecule has 0 radical (unpaired) electrons. The van der Waals surface area contributed by atoms with Gasteiger partial charge in [-0.1, -0.05) is 50.7 Å². The number of thiol groups is 1. The number of aryl methyl sites for hydroxylation is 1. The Labute approximate surface area is 179 Å². The Bertz CT molecular complexity index is 645. The molecular formula is C23H41NO2S2. The third-order valence-corrected chi connectivity index (χ3v) is 8.34. The molecule has 0 saturated heterocycles. The molecule has 1 aliphatic rings. The first-order valence-electron chi connectivity index (χ1n) is 10.9. The number of hydrogen-bond donors (Lipinski definition) is 2. The van der Waals surface area contributed by atoms with E-state index in [2.05, 4.69) is 24.8 Å². The summed E-state index contributed by atoms with van der Waals surface area (Å²) in [6.07, 6.45) is 13.0. The zero-order valence-corrected chi connectivity index (χ0v) is 19.8. The third kappa shape index (κ3) is 10.9. The lowest BCUT2D eigenvalue weighted by Crippen LogP contribution is -2.30. The molecule has 1 aliphatic carbocycles. The number of nitrogens with two attached hydrogens (primary N) is 1. The average Bonchev–Trinajstić information content (AvgIpc) is 2.61. The van der Waals surface area contributed by atoms with E-state index in [0.29, 0.717) is 11.8 Å². The Morgan fingerprint density at radius 2 is 1.61 bits per heavy atom. The topological polar surface area (TPSA) is 60.2 Å². The minimum atomic E-state index is -2.95. The minimum absolute atomic E-state index is 0.318. The highest BCUT2D eigenvalue weighted by Gasteiger charge is 2.27. The molecule has 1 aromatic rings. The van der Waals surface area contributed by atoms with Crippen LogP contribution in [0.3, 0.4) is 0 Å². The molecule has 28 heavy (non-hydrogen) atoms. The molecule has 0 aromatic heterocycles. The molecule has 0 amide bonds. The summed E-state index contributed by atoms with van der Waals surface area (Å²) in [7, 11) is -2.95. The van der Waals surface area contributed by atoms with Gasteiger partial charge in [-0.05, 0) is 70.6 Å². The summed E-state index contributed by atoms with van der Waals surface area (Å²) in [5.41, 5.74) is 6.97. The first-order chi connectivity index (χ1) is 13.1. The van der Waals surface area contributed by atoms with Gasteiger partial charge in [0.2, 0.25) is 0 Å². The van der Waals surface area contributed by atoms with Crippen molar-refractivity contribution in [2.24, 2.45) is 5.73 Å². The Morgan fingerprint density at radius 1 is 1.00 bits per heavy atom. The number of benzene rings is 1. The molecule has 0 unspecified atom stereocenters. The van der Waals surface area contributed by atoms with Crippen LogP contribution in [-0.4, -0.2) is 25.0 Å². The summed E-state index contributed by atoms with van der Waals surface area (Å²) < 4.78 is 23.3. The first kappa shape index (κ1) is 25.5. The fourth-order valence-corrected chi connectivity index (χ4v) is 4.75. The Hall–Kier alpha value is -0.520. The van der Waals surface area contributed by atoms with E-state index in [0.717, 1.165) is 43.4 Å². The number of unbranched alkanes of at least 4 members (excludes halogenated alkanes) is 4. The minimum Gasteiger partial charge on any atom is -0.328 e. The van der Waals surface area contributed by atoms with Crippen molar-refractivity contribution in [2.75, 3.05) is 5.75 Å². The molecular weight excluding hydrogens is 386 g/mol. The Morgan fingerprint density at radius 3 is 2.14 bits per heavy atom. The molecule has 1 saturated carbocycles. The molecule has 5 heteroatoms. The van der Waals surface area contributed by atoms with Crippen LogP contribution in [0.1, 0.15) is 90.5 Å². The van der Waals surface area contributed by atoms with Crippen LogP contribution in [-0.2, 0) is 16.3 Å². The maximum atomic E-state index is 12.0. The molecule has 0 atom stereocenters. The van der Waals surface area contributed by atoms with Gasteiger partial charge in [0.15, 0.2) is 9.84 Å². The molecule has 0 spiro atoms. The number of sulfone groups is 1. The van der Waals surface area contributed by atoms with Gasteiger partial charge >= 0.3 is 0 Å². The van der Waals surface area contributed by atoms with Gasteiger partial charge in [-0.3, -0.25) is 0 Å². The van der Waals surface area contributed by atoms with Crippen molar-refractivity contribution in [1.82, 2.24) is 0 Å². The van der Waals surface area contributed by atoms with Crippen LogP contribution in [0.15, 0.2) is 29.2 Å². The first-order valence-corrected chi connectivity index (χ1v) is 13.0. The van der Waals surface area contributed by atoms with Crippen molar-refractivity contribution in [2.45, 2.75) is 107 Å². The highest BCUT2D eigenvalue weighted by atomic mass is 32.2. The molecule has 3 nitrogen and oxygen atoms in total. The number of rotatable bonds is 8. The van der Waals surface area contributed by atoms with Gasteiger partial charge in [-0.25, -0.2) is 8.42 Å². The van der Waals surface area contributed by atoms with E-state index in [1.54, 1.807) is 20.8 Å². The van der Waals surface area contributed by atoms with Crippen LogP contribution in [0, 0.1) is 0 Å². The van der Waals surface area contributed by atoms with Crippen molar-refractivity contribution in [3.63, 3.8) is 0 Å². The third-order valence-electron chi connectivity index (χ3n) is 5.37. The predicted molar refractivity (Wildman–Crippen MR) is 125 cm³/mol. The van der Waals surface area contributed by atoms with E-state index in [1.807, 2.05) is 12.1 Å². The van der Waals surface area contributed by atoms with Gasteiger partial charge in [-0.15, -0.1) is 12.6 Å². The lowest BCUT2D eigenvalue weighted by atomic mass is 9.97. The summed E-state index contributed by atoms with van der Waals surface area (Å²) in [6.45, 7) is 5.33. The second-order valence-electron chi connectivity index (χ2n) is 9.02. The van der Waals surface area contributed by atoms with E-state index >= 15 is 0 Å². The summed E-state index contributed by atoms with van der Waals surface area (Å²) >= 11 is 4.34. The van der Waals surface area contributed by atoms with Gasteiger partial charge in [0.05, 0.1) is 10.5 Å². The molecule has 0 heterocycles. The highest BCUT2D eigenvalue weighted by Crippen LogP contribution is 2.18. The van der Waals surface area contributed by atoms with Gasteiger partial charge in [-0.2, -0.15) is 0 Å². The number of hydrogen-bond acceptors (Lipinski definition) is 4. The fraction of sp³-hybridized carbons (Fsp3) is 0.739. The summed E-state index contributed by atoms with van der Waals surface area (Å²) in [6, 6.07) is 8.81. The Kier molecular flexibility index (Phi) is 11.8. The molecule has 162 valence electrons. The molecule has 0 bridgehead atoms. The summed E-state index contributed by atoms with van der Waals surface area (Å²) in [5, 5.41) is 0. The van der Waals surface area contributed by atoms with Crippen LogP contribution in [0.2, 0.25) is 0 Å². The van der Waals surface area contributed by atoms with E-state index in [-0.39, 0.29) is 0 Å². The van der Waals surface area contributed by atoms with Gasteiger partial charge in [0, 0.05) is 10.9 Å². The smallest absolute Gasteiger partial charge is 0.155 e. The predicted octanol–water partition coefficient (Wildman–Crippen LogP) is 5.96. The molecule has 2 rings (SSSR count). The molecule has 1 aromatic carbocycles. The SMILES string of the molecule is CC(C)(C)S(=O)(=O)CCCCCCCc1cccc(S)c1.NC1CCCCC1. The van der Waals surface area contributed by atoms with Crippen LogP contribution < -0.4 is 5.73 Å². The quantitative estimate of drug-likeness (QED) is 0.397. The van der Waals surface area contributed by atoms with E-state index in [1.165, 1.54) is 37.7 Å².